The van der Waals surface area contributed by atoms with Crippen molar-refractivity contribution in [3.05, 3.63) is 28.7 Å². The van der Waals surface area contributed by atoms with E-state index in [9.17, 15) is 4.79 Å². The SMILES string of the molecule is CCCC(CCC)C(=O)N(C)N=Nc1ccc(Br)cc1. The summed E-state index contributed by atoms with van der Waals surface area (Å²) in [7, 11) is 1.67. The first-order valence-electron chi connectivity index (χ1n) is 7.03. The van der Waals surface area contributed by atoms with E-state index in [0.717, 1.165) is 35.8 Å². The zero-order valence-electron chi connectivity index (χ0n) is 12.3. The summed E-state index contributed by atoms with van der Waals surface area (Å²) in [4.78, 5) is 12.3. The van der Waals surface area contributed by atoms with Gasteiger partial charge in [-0.05, 0) is 37.1 Å². The predicted octanol–water partition coefficient (Wildman–Crippen LogP) is 5.12. The van der Waals surface area contributed by atoms with E-state index in [1.54, 1.807) is 7.05 Å². The van der Waals surface area contributed by atoms with Crippen LogP contribution >= 0.6 is 15.9 Å². The zero-order chi connectivity index (χ0) is 15.0. The molecule has 0 spiro atoms. The van der Waals surface area contributed by atoms with E-state index in [2.05, 4.69) is 40.1 Å². The van der Waals surface area contributed by atoms with Gasteiger partial charge in [-0.1, -0.05) is 47.8 Å². The number of benzene rings is 1. The van der Waals surface area contributed by atoms with Crippen LogP contribution in [-0.2, 0) is 4.79 Å². The van der Waals surface area contributed by atoms with E-state index in [0.29, 0.717) is 0 Å². The Balaban J connectivity index is 2.65. The molecule has 1 aromatic rings. The van der Waals surface area contributed by atoms with Crippen molar-refractivity contribution in [2.24, 2.45) is 16.3 Å². The van der Waals surface area contributed by atoms with Crippen molar-refractivity contribution < 1.29 is 4.79 Å². The lowest BCUT2D eigenvalue weighted by Gasteiger charge is -2.18. The van der Waals surface area contributed by atoms with Crippen molar-refractivity contribution in [1.82, 2.24) is 5.01 Å². The summed E-state index contributed by atoms with van der Waals surface area (Å²) in [6, 6.07) is 7.49. The Morgan fingerprint density at radius 1 is 1.20 bits per heavy atom. The minimum absolute atomic E-state index is 0.0505. The molecule has 0 heterocycles. The van der Waals surface area contributed by atoms with Crippen LogP contribution in [0.4, 0.5) is 5.69 Å². The van der Waals surface area contributed by atoms with Crippen LogP contribution in [0.1, 0.15) is 39.5 Å². The van der Waals surface area contributed by atoms with Crippen molar-refractivity contribution in [3.8, 4) is 0 Å². The van der Waals surface area contributed by atoms with Gasteiger partial charge >= 0.3 is 0 Å². The molecule has 0 aliphatic carbocycles. The lowest BCUT2D eigenvalue weighted by molar-refractivity contribution is -0.135. The van der Waals surface area contributed by atoms with Crippen LogP contribution in [0.5, 0.6) is 0 Å². The first kappa shape index (κ1) is 16.8. The van der Waals surface area contributed by atoms with Gasteiger partial charge in [-0.25, -0.2) is 5.01 Å². The molecule has 0 aromatic heterocycles. The maximum Gasteiger partial charge on any atom is 0.246 e. The highest BCUT2D eigenvalue weighted by Gasteiger charge is 2.20. The Hall–Kier alpha value is -1.23. The Bertz CT molecular complexity index is 439. The molecular weight excluding hydrogens is 318 g/mol. The van der Waals surface area contributed by atoms with Crippen LogP contribution in [-0.4, -0.2) is 18.0 Å². The topological polar surface area (TPSA) is 45.0 Å². The molecule has 20 heavy (non-hydrogen) atoms. The number of hydrogen-bond donors (Lipinski definition) is 0. The van der Waals surface area contributed by atoms with Crippen LogP contribution in [0, 0.1) is 5.92 Å². The second kappa shape index (κ2) is 8.84. The largest absolute Gasteiger partial charge is 0.273 e. The van der Waals surface area contributed by atoms with E-state index in [1.807, 2.05) is 24.3 Å². The number of carbonyl (C=O) groups excluding carboxylic acids is 1. The smallest absolute Gasteiger partial charge is 0.246 e. The average molecular weight is 340 g/mol. The molecule has 0 unspecified atom stereocenters. The summed E-state index contributed by atoms with van der Waals surface area (Å²) in [6.07, 6.45) is 3.83. The predicted molar refractivity (Wildman–Crippen MR) is 84.7 cm³/mol. The highest BCUT2D eigenvalue weighted by atomic mass is 79.9. The summed E-state index contributed by atoms with van der Waals surface area (Å²) in [6.45, 7) is 4.19. The lowest BCUT2D eigenvalue weighted by atomic mass is 9.97. The Morgan fingerprint density at radius 2 is 1.75 bits per heavy atom. The molecule has 0 atom stereocenters. The van der Waals surface area contributed by atoms with Gasteiger partial charge in [0.05, 0.1) is 5.69 Å². The number of hydrogen-bond acceptors (Lipinski definition) is 3. The van der Waals surface area contributed by atoms with Crippen molar-refractivity contribution in [2.45, 2.75) is 39.5 Å². The summed E-state index contributed by atoms with van der Waals surface area (Å²) in [5.41, 5.74) is 0.732. The van der Waals surface area contributed by atoms with Gasteiger partial charge in [-0.3, -0.25) is 4.79 Å². The second-order valence-electron chi connectivity index (χ2n) is 4.80. The van der Waals surface area contributed by atoms with E-state index in [-0.39, 0.29) is 11.8 Å². The van der Waals surface area contributed by atoms with Gasteiger partial charge in [0.1, 0.15) is 0 Å². The molecule has 0 aliphatic rings. The van der Waals surface area contributed by atoms with Gasteiger partial charge in [0.2, 0.25) is 5.91 Å². The average Bonchev–Trinajstić information content (AvgIpc) is 2.45. The highest BCUT2D eigenvalue weighted by molar-refractivity contribution is 9.10. The van der Waals surface area contributed by atoms with Crippen molar-refractivity contribution >= 4 is 27.5 Å². The van der Waals surface area contributed by atoms with Crippen LogP contribution in [0.25, 0.3) is 0 Å². The maximum atomic E-state index is 12.3. The molecule has 4 nitrogen and oxygen atoms in total. The minimum Gasteiger partial charge on any atom is -0.273 e. The first-order valence-corrected chi connectivity index (χ1v) is 7.82. The minimum atomic E-state index is 0.0505. The van der Waals surface area contributed by atoms with Crippen LogP contribution in [0.3, 0.4) is 0 Å². The molecule has 1 rings (SSSR count). The molecule has 0 N–H and O–H groups in total. The van der Waals surface area contributed by atoms with Crippen molar-refractivity contribution in [3.63, 3.8) is 0 Å². The third kappa shape index (κ3) is 5.41. The molecule has 0 fully saturated rings. The van der Waals surface area contributed by atoms with E-state index in [4.69, 9.17) is 0 Å². The maximum absolute atomic E-state index is 12.3. The second-order valence-corrected chi connectivity index (χ2v) is 5.72. The number of nitrogens with zero attached hydrogens (tertiary/aromatic N) is 3. The molecule has 0 bridgehead atoms. The Kier molecular flexibility index (Phi) is 7.44. The summed E-state index contributed by atoms with van der Waals surface area (Å²) < 4.78 is 0.992. The molecule has 1 amide bonds. The van der Waals surface area contributed by atoms with Crippen molar-refractivity contribution in [2.75, 3.05) is 7.05 Å². The fraction of sp³-hybridized carbons (Fsp3) is 0.533. The molecule has 110 valence electrons. The molecule has 0 radical (unpaired) electrons. The fourth-order valence-electron chi connectivity index (χ4n) is 2.02. The molecular formula is C15H22BrN3O. The molecule has 0 aliphatic heterocycles. The quantitative estimate of drug-likeness (QED) is 0.502. The van der Waals surface area contributed by atoms with E-state index < -0.39 is 0 Å². The molecule has 0 saturated heterocycles. The van der Waals surface area contributed by atoms with Gasteiger partial charge in [0.15, 0.2) is 0 Å². The zero-order valence-corrected chi connectivity index (χ0v) is 13.9. The standard InChI is InChI=1S/C15H22BrN3O/c1-4-6-12(7-5-2)15(20)19(3)18-17-14-10-8-13(16)9-11-14/h8-12H,4-7H2,1-3H3. The monoisotopic (exact) mass is 339 g/mol. The van der Waals surface area contributed by atoms with Crippen molar-refractivity contribution in [1.29, 1.82) is 0 Å². The summed E-state index contributed by atoms with van der Waals surface area (Å²) in [5, 5.41) is 9.44. The number of rotatable bonds is 7. The summed E-state index contributed by atoms with van der Waals surface area (Å²) >= 11 is 3.37. The van der Waals surface area contributed by atoms with E-state index in [1.165, 1.54) is 5.01 Å². The third-order valence-electron chi connectivity index (χ3n) is 3.06. The van der Waals surface area contributed by atoms with E-state index >= 15 is 0 Å². The first-order chi connectivity index (χ1) is 9.58. The van der Waals surface area contributed by atoms with Gasteiger partial charge in [0.25, 0.3) is 0 Å². The molecule has 5 heteroatoms. The molecule has 0 saturated carbocycles. The third-order valence-corrected chi connectivity index (χ3v) is 3.59. The molecule has 1 aromatic carbocycles. The van der Waals surface area contributed by atoms with Crippen LogP contribution in [0.2, 0.25) is 0 Å². The Labute approximate surface area is 129 Å². The fourth-order valence-corrected chi connectivity index (χ4v) is 2.29. The van der Waals surface area contributed by atoms with Gasteiger partial charge in [-0.2, -0.15) is 0 Å². The number of amides is 1. The Morgan fingerprint density at radius 3 is 2.25 bits per heavy atom. The lowest BCUT2D eigenvalue weighted by Crippen LogP contribution is -2.28. The van der Waals surface area contributed by atoms with Gasteiger partial charge in [0, 0.05) is 17.4 Å². The number of halogens is 1. The normalized spacial score (nSPS) is 11.2. The van der Waals surface area contributed by atoms with Crippen LogP contribution < -0.4 is 0 Å². The summed E-state index contributed by atoms with van der Waals surface area (Å²) in [5.74, 6) is 0.105. The highest BCUT2D eigenvalue weighted by Crippen LogP contribution is 2.19. The van der Waals surface area contributed by atoms with Gasteiger partial charge < -0.3 is 0 Å². The van der Waals surface area contributed by atoms with Gasteiger partial charge in [-0.15, -0.1) is 5.11 Å². The van der Waals surface area contributed by atoms with Crippen LogP contribution in [0.15, 0.2) is 39.1 Å². The number of carbonyl (C=O) groups is 1.